The number of hydrogen-bond acceptors (Lipinski definition) is 6. The summed E-state index contributed by atoms with van der Waals surface area (Å²) in [5.74, 6) is 0. The monoisotopic (exact) mass is 326 g/mol. The quantitative estimate of drug-likeness (QED) is 0.320. The third-order valence-electron chi connectivity index (χ3n) is 0. The Labute approximate surface area is 82.8 Å². The van der Waals surface area contributed by atoms with Crippen LogP contribution in [0.25, 0.3) is 0 Å². The molecule has 0 saturated heterocycles. The molecule has 42 valence electrons. The molecule has 0 aromatic rings. The van der Waals surface area contributed by atoms with E-state index in [1.54, 1.807) is 0 Å². The molecular weight excluding hydrogens is 326 g/mol. The van der Waals surface area contributed by atoms with Crippen molar-refractivity contribution >= 4 is 51.7 Å². The van der Waals surface area contributed by atoms with Crippen LogP contribution in [0.2, 0.25) is 0 Å². The molecule has 0 aromatic heterocycles. The molecular formula is In2O6. The van der Waals surface area contributed by atoms with Crippen molar-refractivity contribution in [1.82, 2.24) is 0 Å². The van der Waals surface area contributed by atoms with Crippen LogP contribution in [0, 0.1) is 0 Å². The van der Waals surface area contributed by atoms with Crippen LogP contribution in [-0.2, 0) is 0 Å². The van der Waals surface area contributed by atoms with E-state index in [0.29, 0.717) is 0 Å². The predicted octanol–water partition coefficient (Wildman–Crippen LogP) is -7.90. The van der Waals surface area contributed by atoms with Crippen LogP contribution >= 0.6 is 0 Å². The molecule has 0 bridgehead atoms. The fraction of sp³-hybridized carbons (Fsp3) is 0. The molecule has 0 saturated carbocycles. The molecule has 0 aliphatic heterocycles. The molecule has 0 heterocycles. The molecule has 8 heavy (non-hydrogen) atoms. The second kappa shape index (κ2) is 212. The van der Waals surface area contributed by atoms with Crippen LogP contribution in [0.3, 0.4) is 0 Å². The predicted molar refractivity (Wildman–Crippen MR) is 11.5 cm³/mol. The molecule has 0 N–H and O–H groups in total. The SMILES string of the molecule is [In+3].[In+3].[O-][O-].[O-][O-].[O-][O-]. The van der Waals surface area contributed by atoms with Crippen molar-refractivity contribution in [2.75, 3.05) is 0 Å². The van der Waals surface area contributed by atoms with Crippen molar-refractivity contribution in [2.45, 2.75) is 0 Å². The van der Waals surface area contributed by atoms with Gasteiger partial charge in [-0.15, -0.1) is 0 Å². The first-order chi connectivity index (χ1) is 3.00. The zero-order valence-corrected chi connectivity index (χ0v) is 10.2. The van der Waals surface area contributed by atoms with E-state index in [0.717, 1.165) is 0 Å². The van der Waals surface area contributed by atoms with Gasteiger partial charge in [-0.2, -0.15) is 0 Å². The van der Waals surface area contributed by atoms with Crippen molar-refractivity contribution in [3.63, 3.8) is 0 Å². The fourth-order valence-electron chi connectivity index (χ4n) is 0. The topological polar surface area (TPSA) is 138 Å². The Kier molecular flexibility index (Phi) is 900. The molecule has 0 unspecified atom stereocenters. The summed E-state index contributed by atoms with van der Waals surface area (Å²) in [6.07, 6.45) is 0. The third kappa shape index (κ3) is 141. The van der Waals surface area contributed by atoms with E-state index in [4.69, 9.17) is 31.5 Å². The minimum Gasteiger partial charge on any atom is -1.00 e. The van der Waals surface area contributed by atoms with Gasteiger partial charge in [0.1, 0.15) is 0 Å². The fourth-order valence-corrected chi connectivity index (χ4v) is 0. The summed E-state index contributed by atoms with van der Waals surface area (Å²) in [5.41, 5.74) is 0. The van der Waals surface area contributed by atoms with Gasteiger partial charge in [-0.05, 0) is 0 Å². The standard InChI is InChI=1S/2In.3O2/c;;3*1-2/q2*+3;3*-2. The molecule has 0 radical (unpaired) electrons. The Morgan fingerprint density at radius 3 is 0.375 bits per heavy atom. The Hall–Kier alpha value is 1.50. The average Bonchev–Trinajstić information content (AvgIpc) is 1.81. The minimum atomic E-state index is 0. The van der Waals surface area contributed by atoms with E-state index in [1.165, 1.54) is 0 Å². The summed E-state index contributed by atoms with van der Waals surface area (Å²) in [6, 6.07) is 0. The van der Waals surface area contributed by atoms with Gasteiger partial charge in [-0.25, -0.2) is 0 Å². The zero-order chi connectivity index (χ0) is 6.00. The first kappa shape index (κ1) is 33.9. The van der Waals surface area contributed by atoms with Crippen LogP contribution in [0.15, 0.2) is 0 Å². The van der Waals surface area contributed by atoms with E-state index in [1.807, 2.05) is 0 Å². The van der Waals surface area contributed by atoms with E-state index in [9.17, 15) is 0 Å². The van der Waals surface area contributed by atoms with Gasteiger partial charge in [0.25, 0.3) is 0 Å². The second-order valence-corrected chi connectivity index (χ2v) is 0. The molecule has 0 aromatic carbocycles. The first-order valence-electron chi connectivity index (χ1n) is 0.500. The summed E-state index contributed by atoms with van der Waals surface area (Å²) in [7, 11) is 0. The van der Waals surface area contributed by atoms with Crippen molar-refractivity contribution in [3.05, 3.63) is 0 Å². The maximum Gasteiger partial charge on any atom is 3.00 e. The van der Waals surface area contributed by atoms with Gasteiger partial charge in [-0.3, -0.25) is 0 Å². The second-order valence-electron chi connectivity index (χ2n) is 0. The molecule has 0 aliphatic carbocycles. The van der Waals surface area contributed by atoms with Gasteiger partial charge in [0, 0.05) is 0 Å². The van der Waals surface area contributed by atoms with Crippen LogP contribution in [0.4, 0.5) is 0 Å². The van der Waals surface area contributed by atoms with Gasteiger partial charge in [-0.1, -0.05) is 0 Å². The minimum absolute atomic E-state index is 0. The van der Waals surface area contributed by atoms with E-state index < -0.39 is 0 Å². The van der Waals surface area contributed by atoms with E-state index in [2.05, 4.69) is 0 Å². The zero-order valence-electron chi connectivity index (χ0n) is 3.60. The Balaban J connectivity index is -0.00000000500. The Morgan fingerprint density at radius 2 is 0.375 bits per heavy atom. The summed E-state index contributed by atoms with van der Waals surface area (Å²) >= 11 is 0. The van der Waals surface area contributed by atoms with Crippen molar-refractivity contribution in [1.29, 1.82) is 0 Å². The summed E-state index contributed by atoms with van der Waals surface area (Å²) in [4.78, 5) is 0. The molecule has 0 fully saturated rings. The molecule has 0 spiro atoms. The molecule has 0 rings (SSSR count). The van der Waals surface area contributed by atoms with E-state index in [-0.39, 0.29) is 51.7 Å². The van der Waals surface area contributed by atoms with Crippen molar-refractivity contribution in [3.8, 4) is 0 Å². The van der Waals surface area contributed by atoms with Crippen LogP contribution < -0.4 is 31.5 Å². The maximum absolute atomic E-state index is 7.00. The maximum atomic E-state index is 7.00. The summed E-state index contributed by atoms with van der Waals surface area (Å²) in [6.45, 7) is 0. The average molecular weight is 326 g/mol. The Bertz CT molecular complexity index is 6.49. The van der Waals surface area contributed by atoms with Gasteiger partial charge < -0.3 is 31.5 Å². The van der Waals surface area contributed by atoms with Gasteiger partial charge in [0.2, 0.25) is 0 Å². The third-order valence-corrected chi connectivity index (χ3v) is 0. The largest absolute Gasteiger partial charge is 3.00 e. The van der Waals surface area contributed by atoms with Crippen LogP contribution in [0.1, 0.15) is 0 Å². The van der Waals surface area contributed by atoms with Crippen molar-refractivity contribution < 1.29 is 31.5 Å². The summed E-state index contributed by atoms with van der Waals surface area (Å²) < 4.78 is 0. The smallest absolute Gasteiger partial charge is 1.00 e. The summed E-state index contributed by atoms with van der Waals surface area (Å²) in [5, 5.41) is 42.0. The van der Waals surface area contributed by atoms with Gasteiger partial charge in [0.05, 0.1) is 0 Å². The number of rotatable bonds is 0. The van der Waals surface area contributed by atoms with E-state index >= 15 is 0 Å². The Morgan fingerprint density at radius 1 is 0.375 bits per heavy atom. The normalized spacial score (nSPS) is 2.25. The molecule has 0 aliphatic rings. The molecule has 6 nitrogen and oxygen atoms in total. The van der Waals surface area contributed by atoms with Gasteiger partial charge >= 0.3 is 51.7 Å². The van der Waals surface area contributed by atoms with Crippen molar-refractivity contribution in [2.24, 2.45) is 0 Å². The molecule has 8 heteroatoms. The van der Waals surface area contributed by atoms with Crippen LogP contribution in [-0.4, -0.2) is 51.7 Å². The molecule has 0 amide bonds. The van der Waals surface area contributed by atoms with Crippen LogP contribution in [0.5, 0.6) is 0 Å². The first-order valence-corrected chi connectivity index (χ1v) is 0.500. The van der Waals surface area contributed by atoms with Gasteiger partial charge in [0.15, 0.2) is 0 Å². The number of hydrogen-bond donors (Lipinski definition) is 0. The molecule has 0 atom stereocenters.